The second kappa shape index (κ2) is 8.02. The van der Waals surface area contributed by atoms with Crippen molar-refractivity contribution >= 4 is 11.6 Å². The van der Waals surface area contributed by atoms with E-state index in [0.717, 1.165) is 44.9 Å². The molecule has 24 heavy (non-hydrogen) atoms. The first-order valence-electron chi connectivity index (χ1n) is 9.42. The van der Waals surface area contributed by atoms with Gasteiger partial charge in [-0.2, -0.15) is 0 Å². The highest BCUT2D eigenvalue weighted by Crippen LogP contribution is 2.23. The first-order chi connectivity index (χ1) is 11.6. The molecule has 4 heteroatoms. The fraction of sp³-hybridized carbons (Fsp3) is 0.650. The topological polar surface area (TPSA) is 35.6 Å². The van der Waals surface area contributed by atoms with Crippen LogP contribution < -0.4 is 10.2 Å². The van der Waals surface area contributed by atoms with Gasteiger partial charge in [0.1, 0.15) is 0 Å². The van der Waals surface area contributed by atoms with Crippen LogP contribution in [-0.2, 0) is 11.3 Å². The molecule has 1 atom stereocenters. The molecule has 1 amide bonds. The zero-order chi connectivity index (χ0) is 16.9. The molecule has 1 N–H and O–H groups in total. The SMILES string of the molecule is C[C@@H]1CCCN(c2ccc(CNC(=O)C3CCN(C)CC3)cc2)C1. The number of nitrogens with zero attached hydrogens (tertiary/aromatic N) is 2. The normalized spacial score (nSPS) is 23.2. The Morgan fingerprint density at radius 2 is 1.83 bits per heavy atom. The molecule has 2 saturated heterocycles. The molecule has 0 aromatic heterocycles. The number of carbonyl (C=O) groups is 1. The third kappa shape index (κ3) is 4.50. The van der Waals surface area contributed by atoms with Gasteiger partial charge in [0.25, 0.3) is 0 Å². The number of carbonyl (C=O) groups excluding carboxylic acids is 1. The van der Waals surface area contributed by atoms with Crippen LogP contribution in [0.25, 0.3) is 0 Å². The number of hydrogen-bond donors (Lipinski definition) is 1. The summed E-state index contributed by atoms with van der Waals surface area (Å²) in [5.41, 5.74) is 2.50. The summed E-state index contributed by atoms with van der Waals surface area (Å²) in [6.45, 7) is 7.35. The van der Waals surface area contributed by atoms with E-state index in [-0.39, 0.29) is 11.8 Å². The highest BCUT2D eigenvalue weighted by molar-refractivity contribution is 5.78. The molecule has 0 radical (unpaired) electrons. The van der Waals surface area contributed by atoms with E-state index in [1.807, 2.05) is 0 Å². The summed E-state index contributed by atoms with van der Waals surface area (Å²) in [6, 6.07) is 8.72. The van der Waals surface area contributed by atoms with Gasteiger partial charge in [-0.05, 0) is 69.4 Å². The molecule has 0 aliphatic carbocycles. The maximum Gasteiger partial charge on any atom is 0.223 e. The number of rotatable bonds is 4. The van der Waals surface area contributed by atoms with Crippen LogP contribution in [0.1, 0.15) is 38.2 Å². The minimum Gasteiger partial charge on any atom is -0.371 e. The quantitative estimate of drug-likeness (QED) is 0.922. The van der Waals surface area contributed by atoms with Crippen molar-refractivity contribution in [1.82, 2.24) is 10.2 Å². The van der Waals surface area contributed by atoms with E-state index in [1.165, 1.54) is 24.1 Å². The molecular formula is C20H31N3O. The van der Waals surface area contributed by atoms with Crippen LogP contribution in [0.2, 0.25) is 0 Å². The Hall–Kier alpha value is -1.55. The number of amides is 1. The second-order valence-corrected chi connectivity index (χ2v) is 7.66. The number of likely N-dealkylation sites (tertiary alicyclic amines) is 1. The first-order valence-corrected chi connectivity index (χ1v) is 9.42. The highest BCUT2D eigenvalue weighted by atomic mass is 16.1. The van der Waals surface area contributed by atoms with E-state index in [2.05, 4.69) is 53.4 Å². The smallest absolute Gasteiger partial charge is 0.223 e. The minimum atomic E-state index is 0.190. The van der Waals surface area contributed by atoms with Crippen molar-refractivity contribution in [3.63, 3.8) is 0 Å². The fourth-order valence-electron chi connectivity index (χ4n) is 3.85. The van der Waals surface area contributed by atoms with Gasteiger partial charge >= 0.3 is 0 Å². The van der Waals surface area contributed by atoms with Gasteiger partial charge in [-0.15, -0.1) is 0 Å². The maximum atomic E-state index is 12.3. The van der Waals surface area contributed by atoms with Gasteiger partial charge in [0.2, 0.25) is 5.91 Å². The van der Waals surface area contributed by atoms with Crippen LogP contribution in [0.4, 0.5) is 5.69 Å². The summed E-state index contributed by atoms with van der Waals surface area (Å²) in [5, 5.41) is 3.12. The molecule has 1 aromatic rings. The Kier molecular flexibility index (Phi) is 5.77. The Balaban J connectivity index is 1.48. The average molecular weight is 329 g/mol. The molecule has 1 aromatic carbocycles. The summed E-state index contributed by atoms with van der Waals surface area (Å²) in [7, 11) is 2.12. The predicted octanol–water partition coefficient (Wildman–Crippen LogP) is 2.88. The van der Waals surface area contributed by atoms with Gasteiger partial charge in [0, 0.05) is 31.2 Å². The van der Waals surface area contributed by atoms with E-state index in [9.17, 15) is 4.79 Å². The van der Waals surface area contributed by atoms with Crippen molar-refractivity contribution in [2.75, 3.05) is 38.1 Å². The zero-order valence-corrected chi connectivity index (χ0v) is 15.1. The molecule has 2 heterocycles. The molecule has 0 spiro atoms. The van der Waals surface area contributed by atoms with Crippen LogP contribution in [0.15, 0.2) is 24.3 Å². The monoisotopic (exact) mass is 329 g/mol. The summed E-state index contributed by atoms with van der Waals surface area (Å²) in [5.74, 6) is 1.19. The molecule has 2 fully saturated rings. The van der Waals surface area contributed by atoms with Gasteiger partial charge in [-0.3, -0.25) is 4.79 Å². The van der Waals surface area contributed by atoms with Crippen molar-refractivity contribution in [3.05, 3.63) is 29.8 Å². The maximum absolute atomic E-state index is 12.3. The van der Waals surface area contributed by atoms with Gasteiger partial charge in [-0.25, -0.2) is 0 Å². The summed E-state index contributed by atoms with van der Waals surface area (Å²) in [4.78, 5) is 17.1. The summed E-state index contributed by atoms with van der Waals surface area (Å²) >= 11 is 0. The van der Waals surface area contributed by atoms with E-state index >= 15 is 0 Å². The summed E-state index contributed by atoms with van der Waals surface area (Å²) < 4.78 is 0. The van der Waals surface area contributed by atoms with Crippen LogP contribution in [0.3, 0.4) is 0 Å². The highest BCUT2D eigenvalue weighted by Gasteiger charge is 2.23. The lowest BCUT2D eigenvalue weighted by atomic mass is 9.96. The van der Waals surface area contributed by atoms with E-state index in [1.54, 1.807) is 0 Å². The lowest BCUT2D eigenvalue weighted by Gasteiger charge is -2.32. The molecule has 132 valence electrons. The zero-order valence-electron chi connectivity index (χ0n) is 15.1. The number of anilines is 1. The van der Waals surface area contributed by atoms with Crippen molar-refractivity contribution in [2.24, 2.45) is 11.8 Å². The van der Waals surface area contributed by atoms with Crippen molar-refractivity contribution in [2.45, 2.75) is 39.2 Å². The molecular weight excluding hydrogens is 298 g/mol. The van der Waals surface area contributed by atoms with Crippen molar-refractivity contribution in [3.8, 4) is 0 Å². The molecule has 2 aliphatic heterocycles. The van der Waals surface area contributed by atoms with Crippen LogP contribution in [0.5, 0.6) is 0 Å². The fourth-order valence-corrected chi connectivity index (χ4v) is 3.85. The van der Waals surface area contributed by atoms with Gasteiger partial charge in [-0.1, -0.05) is 19.1 Å². The molecule has 3 rings (SSSR count). The standard InChI is InChI=1S/C20H31N3O/c1-16-4-3-11-23(15-16)19-7-5-17(6-8-19)14-21-20(24)18-9-12-22(2)13-10-18/h5-8,16,18H,3-4,9-15H2,1-2H3,(H,21,24)/t16-/m1/s1. The lowest BCUT2D eigenvalue weighted by molar-refractivity contribution is -0.126. The average Bonchev–Trinajstić information content (AvgIpc) is 2.61. The second-order valence-electron chi connectivity index (χ2n) is 7.66. The Labute approximate surface area is 146 Å². The van der Waals surface area contributed by atoms with Crippen LogP contribution in [-0.4, -0.2) is 44.0 Å². The molecule has 2 aliphatic rings. The number of benzene rings is 1. The molecule has 4 nitrogen and oxygen atoms in total. The van der Waals surface area contributed by atoms with Gasteiger partial charge < -0.3 is 15.1 Å². The van der Waals surface area contributed by atoms with Crippen molar-refractivity contribution < 1.29 is 4.79 Å². The van der Waals surface area contributed by atoms with E-state index < -0.39 is 0 Å². The first kappa shape index (κ1) is 17.3. The Morgan fingerprint density at radius 1 is 1.12 bits per heavy atom. The summed E-state index contributed by atoms with van der Waals surface area (Å²) in [6.07, 6.45) is 4.59. The van der Waals surface area contributed by atoms with Crippen LogP contribution in [0, 0.1) is 11.8 Å². The van der Waals surface area contributed by atoms with Crippen molar-refractivity contribution in [1.29, 1.82) is 0 Å². The number of hydrogen-bond acceptors (Lipinski definition) is 3. The van der Waals surface area contributed by atoms with E-state index in [0.29, 0.717) is 6.54 Å². The van der Waals surface area contributed by atoms with Gasteiger partial charge in [0.05, 0.1) is 0 Å². The molecule has 0 bridgehead atoms. The number of piperidine rings is 2. The third-order valence-corrected chi connectivity index (χ3v) is 5.51. The lowest BCUT2D eigenvalue weighted by Crippen LogP contribution is -2.38. The Bertz CT molecular complexity index is 534. The predicted molar refractivity (Wildman–Crippen MR) is 99.1 cm³/mol. The van der Waals surface area contributed by atoms with E-state index in [4.69, 9.17) is 0 Å². The number of nitrogens with one attached hydrogen (secondary N) is 1. The largest absolute Gasteiger partial charge is 0.371 e. The van der Waals surface area contributed by atoms with Crippen LogP contribution >= 0.6 is 0 Å². The third-order valence-electron chi connectivity index (χ3n) is 5.51. The van der Waals surface area contributed by atoms with Gasteiger partial charge in [0.15, 0.2) is 0 Å². The minimum absolute atomic E-state index is 0.190. The Morgan fingerprint density at radius 3 is 2.50 bits per heavy atom. The molecule has 0 unspecified atom stereocenters. The molecule has 0 saturated carbocycles.